The molecule has 1 aliphatic heterocycles. The summed E-state index contributed by atoms with van der Waals surface area (Å²) in [7, 11) is 0. The zero-order chi connectivity index (χ0) is 19.4. The summed E-state index contributed by atoms with van der Waals surface area (Å²) in [6, 6.07) is 12.0. The molecule has 0 unspecified atom stereocenters. The summed E-state index contributed by atoms with van der Waals surface area (Å²) >= 11 is 5.85. The van der Waals surface area contributed by atoms with E-state index in [0.717, 1.165) is 12.0 Å². The molecule has 0 aromatic heterocycles. The topological polar surface area (TPSA) is 92.6 Å². The highest BCUT2D eigenvalue weighted by atomic mass is 35.5. The number of benzene rings is 2. The summed E-state index contributed by atoms with van der Waals surface area (Å²) in [5.74, 6) is -0.508. The smallest absolute Gasteiger partial charge is 0.269 e. The Morgan fingerprint density at radius 1 is 1.15 bits per heavy atom. The molecule has 1 saturated heterocycles. The van der Waals surface area contributed by atoms with Gasteiger partial charge in [-0.2, -0.15) is 0 Å². The minimum absolute atomic E-state index is 0.0785. The van der Waals surface area contributed by atoms with Gasteiger partial charge in [0.15, 0.2) is 0 Å². The third-order valence-corrected chi connectivity index (χ3v) is 4.77. The van der Waals surface area contributed by atoms with Gasteiger partial charge in [-0.05, 0) is 42.7 Å². The van der Waals surface area contributed by atoms with Crippen LogP contribution in [0.1, 0.15) is 28.8 Å². The van der Waals surface area contributed by atoms with Gasteiger partial charge in [0.1, 0.15) is 6.04 Å². The first-order valence-corrected chi connectivity index (χ1v) is 8.91. The van der Waals surface area contributed by atoms with Crippen molar-refractivity contribution >= 4 is 29.1 Å². The number of rotatable bonds is 5. The molecule has 0 saturated carbocycles. The van der Waals surface area contributed by atoms with Gasteiger partial charge in [-0.3, -0.25) is 19.7 Å². The lowest BCUT2D eigenvalue weighted by Gasteiger charge is -2.24. The second-order valence-electron chi connectivity index (χ2n) is 6.30. The van der Waals surface area contributed by atoms with Gasteiger partial charge in [0.2, 0.25) is 5.91 Å². The average molecular weight is 388 g/mol. The van der Waals surface area contributed by atoms with Crippen molar-refractivity contribution in [2.75, 3.05) is 6.54 Å². The zero-order valence-electron chi connectivity index (χ0n) is 14.4. The third-order valence-electron chi connectivity index (χ3n) is 4.52. The summed E-state index contributed by atoms with van der Waals surface area (Å²) < 4.78 is 0. The van der Waals surface area contributed by atoms with Crippen LogP contribution in [-0.4, -0.2) is 34.2 Å². The van der Waals surface area contributed by atoms with E-state index in [1.165, 1.54) is 29.2 Å². The SMILES string of the molecule is O=C(NCc1ccc(Cl)cc1)[C@@H]1CCCN1C(=O)c1ccc([N+](=O)[O-])cc1. The maximum Gasteiger partial charge on any atom is 0.269 e. The van der Waals surface area contributed by atoms with Crippen LogP contribution >= 0.6 is 11.6 Å². The first-order valence-electron chi connectivity index (χ1n) is 8.53. The van der Waals surface area contributed by atoms with E-state index >= 15 is 0 Å². The molecule has 0 radical (unpaired) electrons. The lowest BCUT2D eigenvalue weighted by atomic mass is 10.1. The molecule has 140 valence electrons. The van der Waals surface area contributed by atoms with E-state index in [0.29, 0.717) is 30.1 Å². The van der Waals surface area contributed by atoms with Crippen LogP contribution in [-0.2, 0) is 11.3 Å². The molecular weight excluding hydrogens is 370 g/mol. The van der Waals surface area contributed by atoms with Crippen LogP contribution in [0.25, 0.3) is 0 Å². The summed E-state index contributed by atoms with van der Waals surface area (Å²) in [5.41, 5.74) is 1.17. The zero-order valence-corrected chi connectivity index (χ0v) is 15.2. The van der Waals surface area contributed by atoms with Crippen molar-refractivity contribution < 1.29 is 14.5 Å². The molecule has 1 N–H and O–H groups in total. The van der Waals surface area contributed by atoms with Crippen LogP contribution in [0.15, 0.2) is 48.5 Å². The number of nitrogens with zero attached hydrogens (tertiary/aromatic N) is 2. The molecule has 0 bridgehead atoms. The van der Waals surface area contributed by atoms with Crippen LogP contribution in [0.3, 0.4) is 0 Å². The highest BCUT2D eigenvalue weighted by Crippen LogP contribution is 2.22. The van der Waals surface area contributed by atoms with Gasteiger partial charge in [0.05, 0.1) is 4.92 Å². The van der Waals surface area contributed by atoms with Gasteiger partial charge >= 0.3 is 0 Å². The maximum atomic E-state index is 12.7. The highest BCUT2D eigenvalue weighted by molar-refractivity contribution is 6.30. The first kappa shape index (κ1) is 18.8. The average Bonchev–Trinajstić information content (AvgIpc) is 3.16. The number of hydrogen-bond acceptors (Lipinski definition) is 4. The van der Waals surface area contributed by atoms with E-state index in [9.17, 15) is 19.7 Å². The predicted octanol–water partition coefficient (Wildman–Crippen LogP) is 3.17. The number of nitrogens with one attached hydrogen (secondary N) is 1. The Morgan fingerprint density at radius 3 is 2.44 bits per heavy atom. The van der Waals surface area contributed by atoms with Gasteiger partial charge in [-0.15, -0.1) is 0 Å². The Bertz CT molecular complexity index is 852. The van der Waals surface area contributed by atoms with Crippen molar-refractivity contribution in [1.29, 1.82) is 0 Å². The van der Waals surface area contributed by atoms with Gasteiger partial charge < -0.3 is 10.2 Å². The lowest BCUT2D eigenvalue weighted by Crippen LogP contribution is -2.45. The number of hydrogen-bond donors (Lipinski definition) is 1. The Hall–Kier alpha value is -2.93. The molecule has 2 aromatic rings. The molecule has 1 heterocycles. The molecule has 0 aliphatic carbocycles. The van der Waals surface area contributed by atoms with Gasteiger partial charge in [-0.1, -0.05) is 23.7 Å². The van der Waals surface area contributed by atoms with Gasteiger partial charge in [-0.25, -0.2) is 0 Å². The predicted molar refractivity (Wildman–Crippen MR) is 100 cm³/mol. The summed E-state index contributed by atoms with van der Waals surface area (Å²) in [6.45, 7) is 0.834. The second kappa shape index (κ2) is 8.18. The van der Waals surface area contributed by atoms with Crippen molar-refractivity contribution in [3.63, 3.8) is 0 Å². The summed E-state index contributed by atoms with van der Waals surface area (Å²) in [4.78, 5) is 37.0. The van der Waals surface area contributed by atoms with E-state index in [-0.39, 0.29) is 17.5 Å². The number of non-ortho nitro benzene ring substituents is 1. The maximum absolute atomic E-state index is 12.7. The number of amides is 2. The standard InChI is InChI=1S/C19H18ClN3O4/c20-15-7-3-13(4-8-15)12-21-18(24)17-2-1-11-22(17)19(25)14-5-9-16(10-6-14)23(26)27/h3-10,17H,1-2,11-12H2,(H,21,24)/t17-/m0/s1. The molecule has 1 atom stereocenters. The number of likely N-dealkylation sites (tertiary alicyclic amines) is 1. The Labute approximate surface area is 161 Å². The molecule has 2 aromatic carbocycles. The van der Waals surface area contributed by atoms with Gasteiger partial charge in [0, 0.05) is 35.8 Å². The van der Waals surface area contributed by atoms with E-state index in [4.69, 9.17) is 11.6 Å². The van der Waals surface area contributed by atoms with Crippen LogP contribution in [0.4, 0.5) is 5.69 Å². The van der Waals surface area contributed by atoms with Crippen LogP contribution in [0.2, 0.25) is 5.02 Å². The van der Waals surface area contributed by atoms with Crippen molar-refractivity contribution in [3.8, 4) is 0 Å². The lowest BCUT2D eigenvalue weighted by molar-refractivity contribution is -0.384. The third kappa shape index (κ3) is 4.43. The van der Waals surface area contributed by atoms with E-state index < -0.39 is 11.0 Å². The second-order valence-corrected chi connectivity index (χ2v) is 6.74. The molecule has 8 heteroatoms. The van der Waals surface area contributed by atoms with Crippen LogP contribution in [0.5, 0.6) is 0 Å². The van der Waals surface area contributed by atoms with E-state index in [1.807, 2.05) is 12.1 Å². The Balaban J connectivity index is 1.64. The molecule has 27 heavy (non-hydrogen) atoms. The molecule has 1 aliphatic rings. The van der Waals surface area contributed by atoms with Crippen LogP contribution in [0, 0.1) is 10.1 Å². The first-order chi connectivity index (χ1) is 13.0. The quantitative estimate of drug-likeness (QED) is 0.630. The van der Waals surface area contributed by atoms with Crippen molar-refractivity contribution in [2.24, 2.45) is 0 Å². The molecule has 3 rings (SSSR count). The number of carbonyl (C=O) groups is 2. The minimum Gasteiger partial charge on any atom is -0.350 e. The fourth-order valence-electron chi connectivity index (χ4n) is 3.08. The van der Waals surface area contributed by atoms with Crippen molar-refractivity contribution in [1.82, 2.24) is 10.2 Å². The normalized spacial score (nSPS) is 16.2. The Kier molecular flexibility index (Phi) is 5.71. The molecule has 7 nitrogen and oxygen atoms in total. The molecule has 1 fully saturated rings. The van der Waals surface area contributed by atoms with Crippen molar-refractivity contribution in [3.05, 3.63) is 74.8 Å². The minimum atomic E-state index is -0.542. The van der Waals surface area contributed by atoms with E-state index in [2.05, 4.69) is 5.32 Å². The van der Waals surface area contributed by atoms with Crippen molar-refractivity contribution in [2.45, 2.75) is 25.4 Å². The number of carbonyl (C=O) groups excluding carboxylic acids is 2. The number of nitro groups is 1. The fourth-order valence-corrected chi connectivity index (χ4v) is 3.21. The van der Waals surface area contributed by atoms with Crippen LogP contribution < -0.4 is 5.32 Å². The number of nitro benzene ring substituents is 1. The largest absolute Gasteiger partial charge is 0.350 e. The fraction of sp³-hybridized carbons (Fsp3) is 0.263. The molecule has 0 spiro atoms. The Morgan fingerprint density at radius 2 is 1.81 bits per heavy atom. The van der Waals surface area contributed by atoms with E-state index in [1.54, 1.807) is 12.1 Å². The molecule has 2 amide bonds. The highest BCUT2D eigenvalue weighted by Gasteiger charge is 2.34. The van der Waals surface area contributed by atoms with Gasteiger partial charge in [0.25, 0.3) is 11.6 Å². The summed E-state index contributed by atoms with van der Waals surface area (Å²) in [5, 5.41) is 14.2. The summed E-state index contributed by atoms with van der Waals surface area (Å²) in [6.07, 6.45) is 1.32. The number of halogens is 1. The monoisotopic (exact) mass is 387 g/mol. The molecular formula is C19H18ClN3O4.